The predicted molar refractivity (Wildman–Crippen MR) is 98.8 cm³/mol. The first-order chi connectivity index (χ1) is 11.2. The third kappa shape index (κ3) is 5.54. The minimum atomic E-state index is 0.599. The largest absolute Gasteiger partial charge is 0.357 e. The third-order valence-corrected chi connectivity index (χ3v) is 4.56. The van der Waals surface area contributed by atoms with Crippen LogP contribution in [0.2, 0.25) is 0 Å². The van der Waals surface area contributed by atoms with Crippen molar-refractivity contribution in [1.29, 1.82) is 0 Å². The van der Waals surface area contributed by atoms with Crippen molar-refractivity contribution >= 4 is 5.96 Å². The second-order valence-corrected chi connectivity index (χ2v) is 6.57. The van der Waals surface area contributed by atoms with Crippen LogP contribution in [0.3, 0.4) is 0 Å². The van der Waals surface area contributed by atoms with Crippen molar-refractivity contribution in [2.45, 2.75) is 45.7 Å². The van der Waals surface area contributed by atoms with Crippen molar-refractivity contribution < 1.29 is 0 Å². The van der Waals surface area contributed by atoms with Crippen molar-refractivity contribution in [2.75, 3.05) is 27.2 Å². The maximum absolute atomic E-state index is 4.78. The zero-order valence-electron chi connectivity index (χ0n) is 15.1. The molecule has 0 heterocycles. The second kappa shape index (κ2) is 8.92. The van der Waals surface area contributed by atoms with Gasteiger partial charge in [0.25, 0.3) is 0 Å². The third-order valence-electron chi connectivity index (χ3n) is 4.56. The Bertz CT molecular complexity index is 504. The second-order valence-electron chi connectivity index (χ2n) is 6.57. The molecular weight excluding hydrogens is 284 g/mol. The quantitative estimate of drug-likeness (QED) is 0.572. The summed E-state index contributed by atoms with van der Waals surface area (Å²) in [4.78, 5) is 7.11. The SMILES string of the molecule is CCNC(=NCc1ccccc1CC)NCC(C1CC1)N(C)C. The highest BCUT2D eigenvalue weighted by Gasteiger charge is 2.32. The Balaban J connectivity index is 1.96. The molecule has 0 aromatic heterocycles. The van der Waals surface area contributed by atoms with Crippen LogP contribution in [0, 0.1) is 5.92 Å². The van der Waals surface area contributed by atoms with Crippen LogP contribution in [0.15, 0.2) is 29.3 Å². The summed E-state index contributed by atoms with van der Waals surface area (Å²) in [6.45, 7) is 6.89. The monoisotopic (exact) mass is 316 g/mol. The first-order valence-electron chi connectivity index (χ1n) is 8.91. The zero-order valence-corrected chi connectivity index (χ0v) is 15.1. The molecule has 0 amide bonds. The molecule has 1 aliphatic carbocycles. The lowest BCUT2D eigenvalue weighted by Crippen LogP contribution is -2.46. The van der Waals surface area contributed by atoms with Gasteiger partial charge in [0.2, 0.25) is 0 Å². The summed E-state index contributed by atoms with van der Waals surface area (Å²) < 4.78 is 0. The Morgan fingerprint density at radius 3 is 2.43 bits per heavy atom. The van der Waals surface area contributed by atoms with Crippen LogP contribution in [0.4, 0.5) is 0 Å². The molecule has 0 spiro atoms. The summed E-state index contributed by atoms with van der Waals surface area (Å²) in [6.07, 6.45) is 3.78. The number of aliphatic imine (C=N–C) groups is 1. The van der Waals surface area contributed by atoms with E-state index in [1.54, 1.807) is 0 Å². The molecule has 0 saturated heterocycles. The lowest BCUT2D eigenvalue weighted by atomic mass is 10.1. The van der Waals surface area contributed by atoms with Crippen molar-refractivity contribution in [3.8, 4) is 0 Å². The average Bonchev–Trinajstić information content (AvgIpc) is 3.37. The number of likely N-dealkylation sites (N-methyl/N-ethyl adjacent to an activating group) is 1. The molecule has 1 saturated carbocycles. The van der Waals surface area contributed by atoms with Gasteiger partial charge < -0.3 is 15.5 Å². The molecule has 0 bridgehead atoms. The maximum Gasteiger partial charge on any atom is 0.191 e. The number of nitrogens with one attached hydrogen (secondary N) is 2. The Labute approximate surface area is 141 Å². The van der Waals surface area contributed by atoms with E-state index in [4.69, 9.17) is 4.99 Å². The molecule has 0 aliphatic heterocycles. The fraction of sp³-hybridized carbons (Fsp3) is 0.632. The number of aryl methyl sites for hydroxylation is 1. The fourth-order valence-corrected chi connectivity index (χ4v) is 3.02. The fourth-order valence-electron chi connectivity index (χ4n) is 3.02. The average molecular weight is 316 g/mol. The Hall–Kier alpha value is -1.55. The van der Waals surface area contributed by atoms with Crippen LogP contribution in [-0.2, 0) is 13.0 Å². The van der Waals surface area contributed by atoms with E-state index in [2.05, 4.69) is 67.7 Å². The molecule has 128 valence electrons. The molecule has 1 unspecified atom stereocenters. The summed E-state index contributed by atoms with van der Waals surface area (Å²) in [6, 6.07) is 9.17. The van der Waals surface area contributed by atoms with E-state index in [1.165, 1.54) is 24.0 Å². The molecule has 1 aromatic rings. The first kappa shape index (κ1) is 17.8. The lowest BCUT2D eigenvalue weighted by Gasteiger charge is -2.25. The number of rotatable bonds is 8. The number of benzene rings is 1. The summed E-state index contributed by atoms with van der Waals surface area (Å²) in [5, 5.41) is 6.89. The van der Waals surface area contributed by atoms with Crippen LogP contribution >= 0.6 is 0 Å². The van der Waals surface area contributed by atoms with Gasteiger partial charge in [0.1, 0.15) is 0 Å². The molecule has 1 aromatic carbocycles. The van der Waals surface area contributed by atoms with Gasteiger partial charge in [-0.05, 0) is 57.3 Å². The van der Waals surface area contributed by atoms with Crippen molar-refractivity contribution in [2.24, 2.45) is 10.9 Å². The van der Waals surface area contributed by atoms with Gasteiger partial charge in [-0.2, -0.15) is 0 Å². The smallest absolute Gasteiger partial charge is 0.191 e. The van der Waals surface area contributed by atoms with Gasteiger partial charge in [-0.1, -0.05) is 31.2 Å². The molecule has 2 N–H and O–H groups in total. The van der Waals surface area contributed by atoms with E-state index in [9.17, 15) is 0 Å². The van der Waals surface area contributed by atoms with Crippen molar-refractivity contribution in [1.82, 2.24) is 15.5 Å². The van der Waals surface area contributed by atoms with Crippen LogP contribution < -0.4 is 10.6 Å². The normalized spacial score (nSPS) is 16.5. The molecule has 0 radical (unpaired) electrons. The van der Waals surface area contributed by atoms with Gasteiger partial charge in [0.05, 0.1) is 6.54 Å². The zero-order chi connectivity index (χ0) is 16.7. The van der Waals surface area contributed by atoms with Crippen LogP contribution in [0.25, 0.3) is 0 Å². The van der Waals surface area contributed by atoms with E-state index in [-0.39, 0.29) is 0 Å². The summed E-state index contributed by atoms with van der Waals surface area (Å²) in [5.41, 5.74) is 2.70. The summed E-state index contributed by atoms with van der Waals surface area (Å²) >= 11 is 0. The van der Waals surface area contributed by atoms with Crippen LogP contribution in [-0.4, -0.2) is 44.1 Å². The van der Waals surface area contributed by atoms with Crippen molar-refractivity contribution in [3.05, 3.63) is 35.4 Å². The van der Waals surface area contributed by atoms with Gasteiger partial charge in [0, 0.05) is 19.1 Å². The van der Waals surface area contributed by atoms with Gasteiger partial charge in [-0.3, -0.25) is 0 Å². The van der Waals surface area contributed by atoms with Gasteiger partial charge >= 0.3 is 0 Å². The topological polar surface area (TPSA) is 39.7 Å². The maximum atomic E-state index is 4.78. The minimum Gasteiger partial charge on any atom is -0.357 e. The van der Waals surface area contributed by atoms with Crippen LogP contribution in [0.1, 0.15) is 37.8 Å². The molecule has 1 atom stereocenters. The number of nitrogens with zero attached hydrogens (tertiary/aromatic N) is 2. The standard InChI is InChI=1S/C19H32N4/c1-5-15-9-7-8-10-17(15)13-21-19(20-6-2)22-14-18(23(3)4)16-11-12-16/h7-10,16,18H,5-6,11-14H2,1-4H3,(H2,20,21,22). The van der Waals surface area contributed by atoms with E-state index in [1.807, 2.05) is 0 Å². The molecular formula is C19H32N4. The number of guanidine groups is 1. The molecule has 4 heteroatoms. The van der Waals surface area contributed by atoms with Gasteiger partial charge in [-0.15, -0.1) is 0 Å². The predicted octanol–water partition coefficient (Wildman–Crippen LogP) is 2.64. The van der Waals surface area contributed by atoms with Gasteiger partial charge in [-0.25, -0.2) is 4.99 Å². The van der Waals surface area contributed by atoms with Crippen LogP contribution in [0.5, 0.6) is 0 Å². The van der Waals surface area contributed by atoms with E-state index in [0.717, 1.165) is 37.9 Å². The Morgan fingerprint density at radius 2 is 1.87 bits per heavy atom. The summed E-state index contributed by atoms with van der Waals surface area (Å²) in [7, 11) is 4.35. The molecule has 1 fully saturated rings. The lowest BCUT2D eigenvalue weighted by molar-refractivity contribution is 0.264. The highest BCUT2D eigenvalue weighted by Crippen LogP contribution is 2.34. The van der Waals surface area contributed by atoms with Gasteiger partial charge in [0.15, 0.2) is 5.96 Å². The number of hydrogen-bond donors (Lipinski definition) is 2. The van der Waals surface area contributed by atoms with Crippen molar-refractivity contribution in [3.63, 3.8) is 0 Å². The van der Waals surface area contributed by atoms with E-state index in [0.29, 0.717) is 6.04 Å². The molecule has 2 rings (SSSR count). The van der Waals surface area contributed by atoms with E-state index < -0.39 is 0 Å². The molecule has 23 heavy (non-hydrogen) atoms. The highest BCUT2D eigenvalue weighted by atomic mass is 15.2. The minimum absolute atomic E-state index is 0.599. The molecule has 4 nitrogen and oxygen atoms in total. The Kier molecular flexibility index (Phi) is 6.90. The molecule has 1 aliphatic rings. The Morgan fingerprint density at radius 1 is 1.17 bits per heavy atom. The highest BCUT2D eigenvalue weighted by molar-refractivity contribution is 5.79. The number of hydrogen-bond acceptors (Lipinski definition) is 2. The van der Waals surface area contributed by atoms with E-state index >= 15 is 0 Å². The summed E-state index contributed by atoms with van der Waals surface area (Å²) in [5.74, 6) is 1.77. The first-order valence-corrected chi connectivity index (χ1v) is 8.91.